The fourth-order valence-corrected chi connectivity index (χ4v) is 2.56. The molecule has 2 N–H and O–H groups in total. The second-order valence-corrected chi connectivity index (χ2v) is 6.28. The van der Waals surface area contributed by atoms with Gasteiger partial charge in [-0.15, -0.1) is 0 Å². The van der Waals surface area contributed by atoms with E-state index in [0.717, 1.165) is 18.4 Å². The molecule has 2 amide bonds. The molecule has 0 atom stereocenters. The first kappa shape index (κ1) is 20.2. The van der Waals surface area contributed by atoms with Crippen LogP contribution in [0.1, 0.15) is 35.7 Å². The molecule has 1 aliphatic heterocycles. The molecule has 0 unspecified atom stereocenters. The Morgan fingerprint density at radius 1 is 1.17 bits per heavy atom. The minimum atomic E-state index is -0.445. The first-order chi connectivity index (χ1) is 14.2. The van der Waals surface area contributed by atoms with E-state index in [1.165, 1.54) is 6.21 Å². The summed E-state index contributed by atoms with van der Waals surface area (Å²) in [5.41, 5.74) is 3.53. The summed E-state index contributed by atoms with van der Waals surface area (Å²) in [6.45, 7) is 2.64. The number of ether oxygens (including phenoxy) is 3. The Labute approximate surface area is 168 Å². The summed E-state index contributed by atoms with van der Waals surface area (Å²) in [7, 11) is 0. The van der Waals surface area contributed by atoms with Crippen LogP contribution in [-0.2, 0) is 4.79 Å². The van der Waals surface area contributed by atoms with Crippen LogP contribution in [0.2, 0.25) is 0 Å². The van der Waals surface area contributed by atoms with Gasteiger partial charge in [0.05, 0.1) is 19.4 Å². The molecule has 3 rings (SSSR count). The van der Waals surface area contributed by atoms with Crippen molar-refractivity contribution in [3.05, 3.63) is 53.6 Å². The van der Waals surface area contributed by atoms with E-state index in [9.17, 15) is 9.59 Å². The minimum Gasteiger partial charge on any atom is -0.493 e. The lowest BCUT2D eigenvalue weighted by Crippen LogP contribution is -2.34. The van der Waals surface area contributed by atoms with Crippen LogP contribution in [0.25, 0.3) is 0 Å². The molecule has 0 spiro atoms. The summed E-state index contributed by atoms with van der Waals surface area (Å²) in [4.78, 5) is 24.1. The zero-order chi connectivity index (χ0) is 20.5. The topological polar surface area (TPSA) is 98.2 Å². The summed E-state index contributed by atoms with van der Waals surface area (Å²) >= 11 is 0. The van der Waals surface area contributed by atoms with Crippen molar-refractivity contribution in [2.24, 2.45) is 5.10 Å². The highest BCUT2D eigenvalue weighted by atomic mass is 16.7. The first-order valence-corrected chi connectivity index (χ1v) is 9.39. The van der Waals surface area contributed by atoms with E-state index in [1.807, 2.05) is 24.3 Å². The lowest BCUT2D eigenvalue weighted by Gasteiger charge is -2.08. The second kappa shape index (κ2) is 10.1. The number of carbonyl (C=O) groups excluding carboxylic acids is 2. The third-order valence-electron chi connectivity index (χ3n) is 4.11. The van der Waals surface area contributed by atoms with E-state index in [2.05, 4.69) is 22.8 Å². The number of rotatable bonds is 9. The zero-order valence-corrected chi connectivity index (χ0v) is 16.1. The molecule has 0 aromatic heterocycles. The van der Waals surface area contributed by atoms with Gasteiger partial charge in [-0.05, 0) is 36.8 Å². The first-order valence-electron chi connectivity index (χ1n) is 9.39. The van der Waals surface area contributed by atoms with Gasteiger partial charge < -0.3 is 19.5 Å². The molecule has 1 aliphatic rings. The van der Waals surface area contributed by atoms with Gasteiger partial charge in [0, 0.05) is 11.1 Å². The largest absolute Gasteiger partial charge is 0.493 e. The summed E-state index contributed by atoms with van der Waals surface area (Å²) in [6, 6.07) is 12.3. The van der Waals surface area contributed by atoms with Gasteiger partial charge in [-0.25, -0.2) is 5.43 Å². The molecule has 0 radical (unpaired) electrons. The van der Waals surface area contributed by atoms with Crippen molar-refractivity contribution in [1.82, 2.24) is 10.7 Å². The van der Waals surface area contributed by atoms with Gasteiger partial charge in [0.25, 0.3) is 11.8 Å². The Kier molecular flexibility index (Phi) is 7.05. The maximum absolute atomic E-state index is 12.2. The molecule has 152 valence electrons. The summed E-state index contributed by atoms with van der Waals surface area (Å²) < 4.78 is 16.2. The standard InChI is InChI=1S/C21H23N3O5/c1-2-3-10-27-17-7-5-4-6-16(17)12-23-24-20(25)13-22-21(26)15-8-9-18-19(11-15)29-14-28-18/h4-9,11-12H,2-3,10,13-14H2,1H3,(H,22,26)(H,24,25). The van der Waals surface area contributed by atoms with E-state index in [4.69, 9.17) is 14.2 Å². The number of nitrogens with one attached hydrogen (secondary N) is 2. The van der Waals surface area contributed by atoms with Crippen LogP contribution < -0.4 is 25.0 Å². The Morgan fingerprint density at radius 3 is 2.86 bits per heavy atom. The molecule has 29 heavy (non-hydrogen) atoms. The summed E-state index contributed by atoms with van der Waals surface area (Å²) in [6.07, 6.45) is 3.52. The molecule has 0 saturated heterocycles. The van der Waals surface area contributed by atoms with Crippen molar-refractivity contribution in [1.29, 1.82) is 0 Å². The van der Waals surface area contributed by atoms with Gasteiger partial charge in [0.15, 0.2) is 11.5 Å². The van der Waals surface area contributed by atoms with Crippen molar-refractivity contribution in [2.45, 2.75) is 19.8 Å². The highest BCUT2D eigenvalue weighted by molar-refractivity contribution is 5.97. The number of para-hydroxylation sites is 1. The van der Waals surface area contributed by atoms with Crippen LogP contribution in [0, 0.1) is 0 Å². The van der Waals surface area contributed by atoms with Crippen LogP contribution in [-0.4, -0.2) is 38.0 Å². The van der Waals surface area contributed by atoms with Crippen LogP contribution in [0.5, 0.6) is 17.2 Å². The van der Waals surface area contributed by atoms with Gasteiger partial charge in [-0.3, -0.25) is 9.59 Å². The molecule has 0 saturated carbocycles. The van der Waals surface area contributed by atoms with Crippen molar-refractivity contribution in [2.75, 3.05) is 19.9 Å². The van der Waals surface area contributed by atoms with E-state index < -0.39 is 11.8 Å². The summed E-state index contributed by atoms with van der Waals surface area (Å²) in [5.74, 6) is 0.964. The smallest absolute Gasteiger partial charge is 0.259 e. The van der Waals surface area contributed by atoms with Crippen molar-refractivity contribution < 1.29 is 23.8 Å². The maximum atomic E-state index is 12.2. The molecule has 8 nitrogen and oxygen atoms in total. The predicted molar refractivity (Wildman–Crippen MR) is 107 cm³/mol. The molecular weight excluding hydrogens is 374 g/mol. The SMILES string of the molecule is CCCCOc1ccccc1C=NNC(=O)CNC(=O)c1ccc2c(c1)OCO2. The molecule has 0 fully saturated rings. The molecule has 8 heteroatoms. The van der Waals surface area contributed by atoms with E-state index in [0.29, 0.717) is 29.4 Å². The van der Waals surface area contributed by atoms with Gasteiger partial charge >= 0.3 is 0 Å². The fraction of sp³-hybridized carbons (Fsp3) is 0.286. The number of fused-ring (bicyclic) bond motifs is 1. The molecular formula is C21H23N3O5. The monoisotopic (exact) mass is 397 g/mol. The molecule has 0 aliphatic carbocycles. The van der Waals surface area contributed by atoms with Crippen LogP contribution in [0.4, 0.5) is 0 Å². The second-order valence-electron chi connectivity index (χ2n) is 6.28. The van der Waals surface area contributed by atoms with Crippen LogP contribution in [0.15, 0.2) is 47.6 Å². The number of carbonyl (C=O) groups is 2. The van der Waals surface area contributed by atoms with Gasteiger partial charge in [0.2, 0.25) is 6.79 Å². The molecule has 2 aromatic rings. The number of hydrogen-bond acceptors (Lipinski definition) is 6. The third-order valence-corrected chi connectivity index (χ3v) is 4.11. The lowest BCUT2D eigenvalue weighted by molar-refractivity contribution is -0.120. The third kappa shape index (κ3) is 5.71. The Hall–Kier alpha value is -3.55. The number of unbranched alkanes of at least 4 members (excludes halogenated alkanes) is 1. The average molecular weight is 397 g/mol. The highest BCUT2D eigenvalue weighted by Crippen LogP contribution is 2.32. The Bertz CT molecular complexity index is 898. The molecule has 2 aromatic carbocycles. The van der Waals surface area contributed by atoms with E-state index in [1.54, 1.807) is 18.2 Å². The summed E-state index contributed by atoms with van der Waals surface area (Å²) in [5, 5.41) is 6.47. The van der Waals surface area contributed by atoms with Crippen molar-refractivity contribution in [3.8, 4) is 17.2 Å². The normalized spacial score (nSPS) is 12.0. The molecule has 0 bridgehead atoms. The Balaban J connectivity index is 1.47. The van der Waals surface area contributed by atoms with Gasteiger partial charge in [-0.2, -0.15) is 5.10 Å². The number of amides is 2. The number of hydrogen-bond donors (Lipinski definition) is 2. The van der Waals surface area contributed by atoms with Crippen molar-refractivity contribution in [3.63, 3.8) is 0 Å². The number of nitrogens with zero attached hydrogens (tertiary/aromatic N) is 1. The lowest BCUT2D eigenvalue weighted by atomic mass is 10.2. The zero-order valence-electron chi connectivity index (χ0n) is 16.1. The van der Waals surface area contributed by atoms with Crippen LogP contribution >= 0.6 is 0 Å². The van der Waals surface area contributed by atoms with Gasteiger partial charge in [0.1, 0.15) is 5.75 Å². The van der Waals surface area contributed by atoms with Crippen molar-refractivity contribution >= 4 is 18.0 Å². The van der Waals surface area contributed by atoms with Gasteiger partial charge in [-0.1, -0.05) is 25.5 Å². The number of benzene rings is 2. The minimum absolute atomic E-state index is 0.133. The quantitative estimate of drug-likeness (QED) is 0.385. The van der Waals surface area contributed by atoms with Crippen LogP contribution in [0.3, 0.4) is 0 Å². The highest BCUT2D eigenvalue weighted by Gasteiger charge is 2.16. The fourth-order valence-electron chi connectivity index (χ4n) is 2.56. The maximum Gasteiger partial charge on any atom is 0.259 e. The van der Waals surface area contributed by atoms with E-state index in [-0.39, 0.29) is 13.3 Å². The van der Waals surface area contributed by atoms with E-state index >= 15 is 0 Å². The Morgan fingerprint density at radius 2 is 2.00 bits per heavy atom. The molecule has 1 heterocycles. The predicted octanol–water partition coefficient (Wildman–Crippen LogP) is 2.47. The average Bonchev–Trinajstić information content (AvgIpc) is 3.21. The number of hydrazone groups is 1.